The molecular formula is C15H23N3O3. The Bertz CT molecular complexity index is 507. The first kappa shape index (κ1) is 15.7. The Morgan fingerprint density at radius 1 is 1.57 bits per heavy atom. The second-order valence-corrected chi connectivity index (χ2v) is 5.36. The summed E-state index contributed by atoms with van der Waals surface area (Å²) in [5, 5.41) is 12.5. The molecule has 1 aromatic rings. The molecule has 2 atom stereocenters. The van der Waals surface area contributed by atoms with Crippen molar-refractivity contribution in [1.29, 1.82) is 0 Å². The lowest BCUT2D eigenvalue weighted by molar-refractivity contribution is -0.0858. The van der Waals surface area contributed by atoms with Crippen molar-refractivity contribution >= 4 is 11.6 Å². The number of anilines is 1. The van der Waals surface area contributed by atoms with Crippen LogP contribution in [0.4, 0.5) is 5.69 Å². The summed E-state index contributed by atoms with van der Waals surface area (Å²) in [4.78, 5) is 18.7. The molecule has 1 amide bonds. The van der Waals surface area contributed by atoms with Gasteiger partial charge in [0.1, 0.15) is 0 Å². The lowest BCUT2D eigenvalue weighted by Crippen LogP contribution is -2.50. The number of ether oxygens (including phenoxy) is 1. The zero-order valence-electron chi connectivity index (χ0n) is 12.8. The molecule has 116 valence electrons. The molecule has 0 saturated carbocycles. The van der Waals surface area contributed by atoms with Crippen LogP contribution in [0.5, 0.6) is 0 Å². The van der Waals surface area contributed by atoms with E-state index < -0.39 is 0 Å². The molecule has 2 rings (SSSR count). The molecular weight excluding hydrogens is 270 g/mol. The number of hydrogen-bond donors (Lipinski definition) is 2. The normalized spacial score (nSPS) is 22.2. The Balaban J connectivity index is 2.22. The van der Waals surface area contributed by atoms with Crippen LogP contribution >= 0.6 is 0 Å². The number of aromatic nitrogens is 1. The SMILES string of the molecule is CCNc1cc(C)ncc1C(=O)N1CC(C)OC(CO)C1. The molecule has 2 unspecified atom stereocenters. The summed E-state index contributed by atoms with van der Waals surface area (Å²) in [6.07, 6.45) is 1.21. The lowest BCUT2D eigenvalue weighted by Gasteiger charge is -2.36. The number of amides is 1. The highest BCUT2D eigenvalue weighted by molar-refractivity contribution is 5.99. The first-order chi connectivity index (χ1) is 10.0. The van der Waals surface area contributed by atoms with E-state index in [-0.39, 0.29) is 24.7 Å². The van der Waals surface area contributed by atoms with Crippen LogP contribution in [0.25, 0.3) is 0 Å². The molecule has 0 bridgehead atoms. The van der Waals surface area contributed by atoms with E-state index in [9.17, 15) is 9.90 Å². The summed E-state index contributed by atoms with van der Waals surface area (Å²) >= 11 is 0. The molecule has 6 nitrogen and oxygen atoms in total. The van der Waals surface area contributed by atoms with Crippen molar-refractivity contribution in [3.05, 3.63) is 23.5 Å². The van der Waals surface area contributed by atoms with Crippen LogP contribution in [0.2, 0.25) is 0 Å². The number of hydrogen-bond acceptors (Lipinski definition) is 5. The fraction of sp³-hybridized carbons (Fsp3) is 0.600. The van der Waals surface area contributed by atoms with Crippen LogP contribution in [0.1, 0.15) is 29.9 Å². The number of rotatable bonds is 4. The summed E-state index contributed by atoms with van der Waals surface area (Å²) in [5.74, 6) is -0.0768. The highest BCUT2D eigenvalue weighted by Gasteiger charge is 2.29. The summed E-state index contributed by atoms with van der Waals surface area (Å²) in [5.41, 5.74) is 2.23. The number of carbonyl (C=O) groups is 1. The molecule has 0 radical (unpaired) electrons. The van der Waals surface area contributed by atoms with Gasteiger partial charge < -0.3 is 20.1 Å². The lowest BCUT2D eigenvalue weighted by atomic mass is 10.1. The predicted molar refractivity (Wildman–Crippen MR) is 80.5 cm³/mol. The van der Waals surface area contributed by atoms with E-state index >= 15 is 0 Å². The highest BCUT2D eigenvalue weighted by Crippen LogP contribution is 2.20. The van der Waals surface area contributed by atoms with Crippen molar-refractivity contribution in [2.24, 2.45) is 0 Å². The highest BCUT2D eigenvalue weighted by atomic mass is 16.5. The number of aliphatic hydroxyl groups excluding tert-OH is 1. The van der Waals surface area contributed by atoms with Gasteiger partial charge >= 0.3 is 0 Å². The van der Waals surface area contributed by atoms with Gasteiger partial charge in [-0.2, -0.15) is 0 Å². The number of morpholine rings is 1. The van der Waals surface area contributed by atoms with E-state index in [1.165, 1.54) is 0 Å². The average Bonchev–Trinajstić information content (AvgIpc) is 2.46. The van der Waals surface area contributed by atoms with Gasteiger partial charge in [-0.05, 0) is 26.8 Å². The van der Waals surface area contributed by atoms with E-state index in [1.807, 2.05) is 26.8 Å². The smallest absolute Gasteiger partial charge is 0.257 e. The van der Waals surface area contributed by atoms with Crippen LogP contribution in [-0.2, 0) is 4.74 Å². The fourth-order valence-electron chi connectivity index (χ4n) is 2.55. The van der Waals surface area contributed by atoms with Crippen molar-refractivity contribution in [1.82, 2.24) is 9.88 Å². The van der Waals surface area contributed by atoms with Crippen molar-refractivity contribution < 1.29 is 14.6 Å². The largest absolute Gasteiger partial charge is 0.394 e. The Morgan fingerprint density at radius 3 is 3.00 bits per heavy atom. The summed E-state index contributed by atoms with van der Waals surface area (Å²) < 4.78 is 5.57. The van der Waals surface area contributed by atoms with E-state index in [0.29, 0.717) is 18.7 Å². The van der Waals surface area contributed by atoms with E-state index in [0.717, 1.165) is 17.9 Å². The van der Waals surface area contributed by atoms with Gasteiger partial charge in [0.2, 0.25) is 0 Å². The van der Waals surface area contributed by atoms with Gasteiger partial charge in [-0.25, -0.2) is 0 Å². The molecule has 1 aliphatic rings. The zero-order chi connectivity index (χ0) is 15.4. The van der Waals surface area contributed by atoms with Gasteiger partial charge in [0.25, 0.3) is 5.91 Å². The third-order valence-corrected chi connectivity index (χ3v) is 3.46. The molecule has 6 heteroatoms. The van der Waals surface area contributed by atoms with Crippen LogP contribution in [0, 0.1) is 6.92 Å². The summed E-state index contributed by atoms with van der Waals surface area (Å²) in [6.45, 7) is 7.37. The molecule has 2 heterocycles. The quantitative estimate of drug-likeness (QED) is 0.868. The maximum Gasteiger partial charge on any atom is 0.257 e. The van der Waals surface area contributed by atoms with Crippen LogP contribution < -0.4 is 5.32 Å². The monoisotopic (exact) mass is 293 g/mol. The van der Waals surface area contributed by atoms with Crippen molar-refractivity contribution in [2.75, 3.05) is 31.6 Å². The maximum absolute atomic E-state index is 12.7. The molecule has 1 saturated heterocycles. The van der Waals surface area contributed by atoms with E-state index in [2.05, 4.69) is 10.3 Å². The Kier molecular flexibility index (Phi) is 5.14. The number of nitrogens with zero attached hydrogens (tertiary/aromatic N) is 2. The van der Waals surface area contributed by atoms with Crippen molar-refractivity contribution in [2.45, 2.75) is 33.0 Å². The molecule has 21 heavy (non-hydrogen) atoms. The molecule has 1 fully saturated rings. The molecule has 1 aromatic heterocycles. The third kappa shape index (κ3) is 3.71. The predicted octanol–water partition coefficient (Wildman–Crippen LogP) is 1.04. The number of pyridine rings is 1. The van der Waals surface area contributed by atoms with Gasteiger partial charge in [-0.3, -0.25) is 9.78 Å². The maximum atomic E-state index is 12.7. The standard InChI is InChI=1S/C15H23N3O3/c1-4-16-14-5-10(2)17-6-13(14)15(20)18-7-11(3)21-12(8-18)9-19/h5-6,11-12,19H,4,7-9H2,1-3H3,(H,16,17). The second kappa shape index (κ2) is 6.87. The summed E-state index contributed by atoms with van der Waals surface area (Å²) in [6, 6.07) is 1.88. The third-order valence-electron chi connectivity index (χ3n) is 3.46. The molecule has 0 spiro atoms. The van der Waals surface area contributed by atoms with Crippen molar-refractivity contribution in [3.8, 4) is 0 Å². The van der Waals surface area contributed by atoms with E-state index in [1.54, 1.807) is 11.1 Å². The molecule has 0 aromatic carbocycles. The minimum absolute atomic E-state index is 0.0768. The number of nitrogens with one attached hydrogen (secondary N) is 1. The Labute approximate surface area is 125 Å². The molecule has 0 aliphatic carbocycles. The number of aliphatic hydroxyl groups is 1. The van der Waals surface area contributed by atoms with Gasteiger partial charge in [0, 0.05) is 31.5 Å². The fourth-order valence-corrected chi connectivity index (χ4v) is 2.55. The Hall–Kier alpha value is -1.66. The average molecular weight is 293 g/mol. The van der Waals surface area contributed by atoms with Crippen LogP contribution in [-0.4, -0.2) is 59.3 Å². The molecule has 2 N–H and O–H groups in total. The second-order valence-electron chi connectivity index (χ2n) is 5.36. The van der Waals surface area contributed by atoms with Gasteiger partial charge in [-0.1, -0.05) is 0 Å². The number of carbonyl (C=O) groups excluding carboxylic acids is 1. The van der Waals surface area contributed by atoms with Crippen LogP contribution in [0.15, 0.2) is 12.3 Å². The first-order valence-electron chi connectivity index (χ1n) is 7.31. The van der Waals surface area contributed by atoms with Crippen molar-refractivity contribution in [3.63, 3.8) is 0 Å². The summed E-state index contributed by atoms with van der Waals surface area (Å²) in [7, 11) is 0. The minimum atomic E-state index is -0.321. The zero-order valence-corrected chi connectivity index (χ0v) is 12.8. The van der Waals surface area contributed by atoms with Crippen LogP contribution in [0.3, 0.4) is 0 Å². The molecule has 1 aliphatic heterocycles. The minimum Gasteiger partial charge on any atom is -0.394 e. The van der Waals surface area contributed by atoms with Gasteiger partial charge in [-0.15, -0.1) is 0 Å². The van der Waals surface area contributed by atoms with Gasteiger partial charge in [0.05, 0.1) is 30.1 Å². The van der Waals surface area contributed by atoms with Gasteiger partial charge in [0.15, 0.2) is 0 Å². The van der Waals surface area contributed by atoms with E-state index in [4.69, 9.17) is 4.74 Å². The number of aryl methyl sites for hydroxylation is 1. The first-order valence-corrected chi connectivity index (χ1v) is 7.31. The topological polar surface area (TPSA) is 74.7 Å². The Morgan fingerprint density at radius 2 is 2.33 bits per heavy atom.